The molecule has 0 spiro atoms. The molecule has 0 atom stereocenters. The zero-order chi connectivity index (χ0) is 12.0. The summed E-state index contributed by atoms with van der Waals surface area (Å²) in [5.74, 6) is 5.76. The van der Waals surface area contributed by atoms with Gasteiger partial charge in [-0.15, -0.1) is 11.8 Å². The predicted octanol–water partition coefficient (Wildman–Crippen LogP) is 1.92. The maximum atomic E-state index is 11.2. The van der Waals surface area contributed by atoms with Gasteiger partial charge in [-0.1, -0.05) is 0 Å². The molecule has 0 unspecified atom stereocenters. The summed E-state index contributed by atoms with van der Waals surface area (Å²) in [5.41, 5.74) is 0.908. The molecule has 0 amide bonds. The first-order valence-corrected chi connectivity index (χ1v) is 6.87. The van der Waals surface area contributed by atoms with Gasteiger partial charge in [-0.3, -0.25) is 0 Å². The summed E-state index contributed by atoms with van der Waals surface area (Å²) < 4.78 is 22.4. The Morgan fingerprint density at radius 2 is 1.88 bits per heavy atom. The van der Waals surface area contributed by atoms with Gasteiger partial charge in [-0.25, -0.2) is 8.42 Å². The highest BCUT2D eigenvalue weighted by Crippen LogP contribution is 2.13. The van der Waals surface area contributed by atoms with Crippen LogP contribution in [0.1, 0.15) is 13.3 Å². The second-order valence-corrected chi connectivity index (χ2v) is 5.42. The molecule has 0 radical (unpaired) electrons. The molecule has 0 aromatic heterocycles. The van der Waals surface area contributed by atoms with Crippen LogP contribution in [0.3, 0.4) is 0 Å². The number of rotatable bonds is 4. The number of anilines is 1. The molecule has 0 aliphatic heterocycles. The second kappa shape index (κ2) is 5.57. The van der Waals surface area contributed by atoms with E-state index in [2.05, 4.69) is 17.2 Å². The van der Waals surface area contributed by atoms with Crippen LogP contribution in [0.2, 0.25) is 0 Å². The van der Waals surface area contributed by atoms with Crippen LogP contribution in [-0.2, 0) is 9.84 Å². The van der Waals surface area contributed by atoms with Crippen molar-refractivity contribution in [2.45, 2.75) is 18.2 Å². The topological polar surface area (TPSA) is 46.2 Å². The van der Waals surface area contributed by atoms with Crippen LogP contribution in [0, 0.1) is 11.8 Å². The molecule has 1 aromatic carbocycles. The Hall–Kier alpha value is -1.47. The number of hydrogen-bond donors (Lipinski definition) is 1. The number of hydrogen-bond acceptors (Lipinski definition) is 3. The molecule has 0 aliphatic carbocycles. The quantitative estimate of drug-likeness (QED) is 0.643. The summed E-state index contributed by atoms with van der Waals surface area (Å²) in [6.07, 6.45) is 1.98. The fourth-order valence-corrected chi connectivity index (χ4v) is 1.84. The van der Waals surface area contributed by atoms with Gasteiger partial charge in [0.05, 0.1) is 4.90 Å². The lowest BCUT2D eigenvalue weighted by atomic mass is 10.3. The van der Waals surface area contributed by atoms with E-state index in [9.17, 15) is 8.42 Å². The molecule has 3 nitrogen and oxygen atoms in total. The van der Waals surface area contributed by atoms with Crippen LogP contribution in [0.5, 0.6) is 0 Å². The first kappa shape index (κ1) is 12.6. The van der Waals surface area contributed by atoms with E-state index in [1.54, 1.807) is 31.2 Å². The molecule has 0 saturated heterocycles. The number of nitrogens with one attached hydrogen (secondary N) is 1. The van der Waals surface area contributed by atoms with Gasteiger partial charge in [0.2, 0.25) is 0 Å². The molecular formula is C12H15NO2S. The third kappa shape index (κ3) is 3.95. The van der Waals surface area contributed by atoms with Crippen molar-refractivity contribution in [3.63, 3.8) is 0 Å². The molecule has 0 heterocycles. The van der Waals surface area contributed by atoms with Crippen molar-refractivity contribution in [1.29, 1.82) is 0 Å². The molecule has 1 rings (SSSR count). The van der Waals surface area contributed by atoms with Crippen LogP contribution in [0.15, 0.2) is 29.2 Å². The third-order valence-electron chi connectivity index (χ3n) is 2.04. The summed E-state index contributed by atoms with van der Waals surface area (Å²) in [6, 6.07) is 6.72. The number of sulfone groups is 1. The summed E-state index contributed by atoms with van der Waals surface area (Å²) in [7, 11) is -3.10. The lowest BCUT2D eigenvalue weighted by Crippen LogP contribution is -2.01. The fraction of sp³-hybridized carbons (Fsp3) is 0.333. The van der Waals surface area contributed by atoms with E-state index >= 15 is 0 Å². The van der Waals surface area contributed by atoms with E-state index in [0.717, 1.165) is 18.7 Å². The number of benzene rings is 1. The Morgan fingerprint density at radius 1 is 1.25 bits per heavy atom. The highest BCUT2D eigenvalue weighted by atomic mass is 32.2. The van der Waals surface area contributed by atoms with Crippen molar-refractivity contribution in [3.8, 4) is 11.8 Å². The lowest BCUT2D eigenvalue weighted by Gasteiger charge is -2.04. The zero-order valence-electron chi connectivity index (χ0n) is 9.45. The molecule has 86 valence electrons. The van der Waals surface area contributed by atoms with E-state index in [4.69, 9.17) is 0 Å². The van der Waals surface area contributed by atoms with Gasteiger partial charge in [-0.05, 0) is 31.2 Å². The van der Waals surface area contributed by atoms with Gasteiger partial charge in [-0.2, -0.15) is 0 Å². The normalized spacial score (nSPS) is 10.4. The molecule has 0 aliphatic rings. The zero-order valence-corrected chi connectivity index (χ0v) is 10.3. The van der Waals surface area contributed by atoms with Gasteiger partial charge in [0.15, 0.2) is 9.84 Å². The van der Waals surface area contributed by atoms with Crippen molar-refractivity contribution in [1.82, 2.24) is 0 Å². The minimum Gasteiger partial charge on any atom is -0.384 e. The Bertz CT molecular complexity index is 492. The average molecular weight is 237 g/mol. The van der Waals surface area contributed by atoms with Crippen molar-refractivity contribution < 1.29 is 8.42 Å². The van der Waals surface area contributed by atoms with Gasteiger partial charge < -0.3 is 5.32 Å². The molecule has 4 heteroatoms. The van der Waals surface area contributed by atoms with Crippen LogP contribution >= 0.6 is 0 Å². The van der Waals surface area contributed by atoms with Crippen LogP contribution in [-0.4, -0.2) is 21.2 Å². The van der Waals surface area contributed by atoms with Crippen LogP contribution in [0.4, 0.5) is 5.69 Å². The standard InChI is InChI=1S/C12H15NO2S/c1-3-4-5-10-13-11-6-8-12(9-7-11)16(2,14)15/h6-9,13H,5,10H2,1-2H3. The Kier molecular flexibility index (Phi) is 4.39. The Labute approximate surface area is 96.8 Å². The summed E-state index contributed by atoms with van der Waals surface area (Å²) in [5, 5.41) is 3.16. The van der Waals surface area contributed by atoms with E-state index in [-0.39, 0.29) is 0 Å². The van der Waals surface area contributed by atoms with E-state index < -0.39 is 9.84 Å². The fourth-order valence-electron chi connectivity index (χ4n) is 1.21. The monoisotopic (exact) mass is 237 g/mol. The van der Waals surface area contributed by atoms with Crippen molar-refractivity contribution in [3.05, 3.63) is 24.3 Å². The molecular weight excluding hydrogens is 222 g/mol. The van der Waals surface area contributed by atoms with Gasteiger partial charge in [0.1, 0.15) is 0 Å². The Balaban J connectivity index is 2.61. The van der Waals surface area contributed by atoms with E-state index in [0.29, 0.717) is 4.90 Å². The van der Waals surface area contributed by atoms with Gasteiger partial charge >= 0.3 is 0 Å². The van der Waals surface area contributed by atoms with Crippen LogP contribution < -0.4 is 5.32 Å². The molecule has 0 saturated carbocycles. The molecule has 1 N–H and O–H groups in total. The highest BCUT2D eigenvalue weighted by molar-refractivity contribution is 7.90. The minimum atomic E-state index is -3.10. The average Bonchev–Trinajstić information content (AvgIpc) is 2.24. The first-order valence-electron chi connectivity index (χ1n) is 4.97. The summed E-state index contributed by atoms with van der Waals surface area (Å²) >= 11 is 0. The lowest BCUT2D eigenvalue weighted by molar-refractivity contribution is 0.602. The molecule has 0 bridgehead atoms. The first-order chi connectivity index (χ1) is 7.54. The minimum absolute atomic E-state index is 0.339. The van der Waals surface area contributed by atoms with Crippen molar-refractivity contribution >= 4 is 15.5 Å². The van der Waals surface area contributed by atoms with Crippen molar-refractivity contribution in [2.75, 3.05) is 18.1 Å². The SMILES string of the molecule is CC#CCCNc1ccc(S(C)(=O)=O)cc1. The molecule has 16 heavy (non-hydrogen) atoms. The summed E-state index contributed by atoms with van der Waals surface area (Å²) in [4.78, 5) is 0.339. The van der Waals surface area contributed by atoms with Crippen molar-refractivity contribution in [2.24, 2.45) is 0 Å². The molecule has 0 fully saturated rings. The third-order valence-corrected chi connectivity index (χ3v) is 3.17. The Morgan fingerprint density at radius 3 is 2.38 bits per heavy atom. The maximum Gasteiger partial charge on any atom is 0.175 e. The van der Waals surface area contributed by atoms with Crippen LogP contribution in [0.25, 0.3) is 0 Å². The highest BCUT2D eigenvalue weighted by Gasteiger charge is 2.05. The predicted molar refractivity (Wildman–Crippen MR) is 66.1 cm³/mol. The second-order valence-electron chi connectivity index (χ2n) is 3.40. The van der Waals surface area contributed by atoms with Gasteiger partial charge in [0, 0.05) is 24.9 Å². The largest absolute Gasteiger partial charge is 0.384 e. The van der Waals surface area contributed by atoms with E-state index in [1.165, 1.54) is 6.26 Å². The van der Waals surface area contributed by atoms with E-state index in [1.807, 2.05) is 0 Å². The molecule has 1 aromatic rings. The smallest absolute Gasteiger partial charge is 0.175 e. The maximum absolute atomic E-state index is 11.2. The summed E-state index contributed by atoms with van der Waals surface area (Å²) in [6.45, 7) is 2.57. The van der Waals surface area contributed by atoms with Gasteiger partial charge in [0.25, 0.3) is 0 Å².